The molecule has 0 aliphatic carbocycles. The van der Waals surface area contributed by atoms with Gasteiger partial charge in [-0.05, 0) is 51.8 Å². The Hall–Kier alpha value is -2.00. The summed E-state index contributed by atoms with van der Waals surface area (Å²) in [7, 11) is 0. The van der Waals surface area contributed by atoms with Crippen molar-refractivity contribution in [2.45, 2.75) is 39.7 Å². The Balaban J connectivity index is 0.00000300. The number of rotatable bonds is 7. The highest BCUT2D eigenvalue weighted by Gasteiger charge is 2.27. The quantitative estimate of drug-likeness (QED) is 0.220. The molecule has 4 N–H and O–H groups in total. The molecule has 0 spiro atoms. The van der Waals surface area contributed by atoms with Crippen molar-refractivity contribution in [2.24, 2.45) is 4.99 Å². The van der Waals surface area contributed by atoms with Gasteiger partial charge in [-0.2, -0.15) is 0 Å². The molecule has 0 aliphatic rings. The van der Waals surface area contributed by atoms with Crippen molar-refractivity contribution < 1.29 is 9.52 Å². The second-order valence-corrected chi connectivity index (χ2v) is 7.33. The number of furan rings is 1. The summed E-state index contributed by atoms with van der Waals surface area (Å²) >= 11 is 0. The number of guanidine groups is 1. The lowest BCUT2D eigenvalue weighted by molar-refractivity contribution is 0.0657. The van der Waals surface area contributed by atoms with E-state index >= 15 is 0 Å². The number of aryl methyl sites for hydroxylation is 2. The maximum Gasteiger partial charge on any atom is 0.191 e. The number of halogens is 1. The standard InChI is InChI=1S/C22H30N4O2.HI/c1-5-23-21(26-14-22(4,27)19-12-15(2)28-16(19)3)24-11-10-17-13-25-20-9-7-6-8-18(17)20;/h6-9,12-13,25,27H,5,10-11,14H2,1-4H3,(H2,23,24,26);1H. The van der Waals surface area contributed by atoms with Crippen molar-refractivity contribution in [1.82, 2.24) is 15.6 Å². The highest BCUT2D eigenvalue weighted by molar-refractivity contribution is 14.0. The number of aliphatic hydroxyl groups is 1. The second-order valence-electron chi connectivity index (χ2n) is 7.33. The van der Waals surface area contributed by atoms with Gasteiger partial charge in [-0.25, -0.2) is 4.99 Å². The molecule has 3 aromatic rings. The zero-order chi connectivity index (χ0) is 20.1. The largest absolute Gasteiger partial charge is 0.466 e. The van der Waals surface area contributed by atoms with Crippen LogP contribution in [0.15, 0.2) is 45.9 Å². The molecule has 2 aromatic heterocycles. The van der Waals surface area contributed by atoms with E-state index in [9.17, 15) is 5.11 Å². The number of nitrogens with one attached hydrogen (secondary N) is 3. The summed E-state index contributed by atoms with van der Waals surface area (Å²) in [5, 5.41) is 18.7. The molecule has 1 aromatic carbocycles. The monoisotopic (exact) mass is 510 g/mol. The number of aliphatic imine (C=N–C) groups is 1. The summed E-state index contributed by atoms with van der Waals surface area (Å²) in [6, 6.07) is 10.2. The highest BCUT2D eigenvalue weighted by Crippen LogP contribution is 2.27. The van der Waals surface area contributed by atoms with E-state index in [-0.39, 0.29) is 30.5 Å². The van der Waals surface area contributed by atoms with Crippen LogP contribution >= 0.6 is 24.0 Å². The zero-order valence-corrected chi connectivity index (χ0v) is 19.8. The van der Waals surface area contributed by atoms with Crippen molar-refractivity contribution in [1.29, 1.82) is 0 Å². The summed E-state index contributed by atoms with van der Waals surface area (Å²) in [5.41, 5.74) is 2.12. The van der Waals surface area contributed by atoms with E-state index in [4.69, 9.17) is 4.42 Å². The van der Waals surface area contributed by atoms with Gasteiger partial charge in [0.2, 0.25) is 0 Å². The molecule has 0 saturated carbocycles. The van der Waals surface area contributed by atoms with Crippen LogP contribution in [0.3, 0.4) is 0 Å². The minimum absolute atomic E-state index is 0. The number of aromatic nitrogens is 1. The molecule has 0 aliphatic heterocycles. The second kappa shape index (κ2) is 10.2. The van der Waals surface area contributed by atoms with Crippen LogP contribution in [-0.2, 0) is 12.0 Å². The van der Waals surface area contributed by atoms with Crippen LogP contribution in [0.4, 0.5) is 0 Å². The smallest absolute Gasteiger partial charge is 0.191 e. The Morgan fingerprint density at radius 2 is 2.00 bits per heavy atom. The first-order valence-electron chi connectivity index (χ1n) is 9.78. The Kier molecular flexibility index (Phi) is 8.15. The Bertz CT molecular complexity index is 959. The molecule has 29 heavy (non-hydrogen) atoms. The predicted octanol–water partition coefficient (Wildman–Crippen LogP) is 4.00. The number of H-pyrrole nitrogens is 1. The van der Waals surface area contributed by atoms with Gasteiger partial charge in [-0.15, -0.1) is 24.0 Å². The first-order chi connectivity index (χ1) is 13.4. The Morgan fingerprint density at radius 3 is 2.69 bits per heavy atom. The van der Waals surface area contributed by atoms with Crippen molar-refractivity contribution in [3.63, 3.8) is 0 Å². The zero-order valence-electron chi connectivity index (χ0n) is 17.5. The normalized spacial score (nSPS) is 13.8. The third-order valence-electron chi connectivity index (χ3n) is 4.87. The first kappa shape index (κ1) is 23.3. The molecule has 1 unspecified atom stereocenters. The average Bonchev–Trinajstić information content (AvgIpc) is 3.23. The van der Waals surface area contributed by atoms with Gasteiger partial charge in [0.15, 0.2) is 5.96 Å². The van der Waals surface area contributed by atoms with Crippen LogP contribution in [-0.4, -0.2) is 35.7 Å². The van der Waals surface area contributed by atoms with Gasteiger partial charge < -0.3 is 25.1 Å². The number of para-hydroxylation sites is 1. The highest BCUT2D eigenvalue weighted by atomic mass is 127. The maximum absolute atomic E-state index is 10.9. The molecule has 0 radical (unpaired) electrons. The van der Waals surface area contributed by atoms with Crippen molar-refractivity contribution in [3.8, 4) is 0 Å². The van der Waals surface area contributed by atoms with Gasteiger partial charge in [0, 0.05) is 35.8 Å². The fraction of sp³-hybridized carbons (Fsp3) is 0.409. The lowest BCUT2D eigenvalue weighted by Gasteiger charge is -2.21. The van der Waals surface area contributed by atoms with Gasteiger partial charge in [-0.1, -0.05) is 18.2 Å². The Morgan fingerprint density at radius 1 is 1.24 bits per heavy atom. The lowest BCUT2D eigenvalue weighted by Crippen LogP contribution is -2.39. The van der Waals surface area contributed by atoms with Gasteiger partial charge >= 0.3 is 0 Å². The van der Waals surface area contributed by atoms with E-state index in [1.807, 2.05) is 32.9 Å². The van der Waals surface area contributed by atoms with Gasteiger partial charge in [0.05, 0.1) is 6.54 Å². The van der Waals surface area contributed by atoms with E-state index in [2.05, 4.69) is 45.0 Å². The lowest BCUT2D eigenvalue weighted by atomic mass is 9.96. The summed E-state index contributed by atoms with van der Waals surface area (Å²) in [6.07, 6.45) is 2.94. The number of benzene rings is 1. The van der Waals surface area contributed by atoms with Crippen LogP contribution in [0.1, 0.15) is 36.5 Å². The van der Waals surface area contributed by atoms with E-state index in [0.717, 1.165) is 42.1 Å². The average molecular weight is 510 g/mol. The molecule has 0 bridgehead atoms. The molecule has 3 rings (SSSR count). The summed E-state index contributed by atoms with van der Waals surface area (Å²) in [6.45, 7) is 9.29. The summed E-state index contributed by atoms with van der Waals surface area (Å²) in [5.74, 6) is 2.22. The molecule has 0 fully saturated rings. The van der Waals surface area contributed by atoms with Crippen LogP contribution < -0.4 is 10.6 Å². The third kappa shape index (κ3) is 5.76. The van der Waals surface area contributed by atoms with E-state index in [1.54, 1.807) is 6.92 Å². The molecule has 7 heteroatoms. The van der Waals surface area contributed by atoms with Gasteiger partial charge in [-0.3, -0.25) is 0 Å². The minimum Gasteiger partial charge on any atom is -0.466 e. The molecule has 158 valence electrons. The molecule has 1 atom stereocenters. The Labute approximate surface area is 189 Å². The number of hydrogen-bond acceptors (Lipinski definition) is 3. The number of aromatic amines is 1. The summed E-state index contributed by atoms with van der Waals surface area (Å²) in [4.78, 5) is 7.89. The molecule has 0 amide bonds. The van der Waals surface area contributed by atoms with Gasteiger partial charge in [0.1, 0.15) is 17.1 Å². The minimum atomic E-state index is -1.08. The van der Waals surface area contributed by atoms with E-state index in [1.165, 1.54) is 10.9 Å². The van der Waals surface area contributed by atoms with E-state index < -0.39 is 5.60 Å². The molecular formula is C22H31IN4O2. The van der Waals surface area contributed by atoms with Crippen LogP contribution in [0.2, 0.25) is 0 Å². The van der Waals surface area contributed by atoms with E-state index in [0.29, 0.717) is 5.96 Å². The molecule has 6 nitrogen and oxygen atoms in total. The number of nitrogens with zero attached hydrogens (tertiary/aromatic N) is 1. The van der Waals surface area contributed by atoms with Gasteiger partial charge in [0.25, 0.3) is 0 Å². The van der Waals surface area contributed by atoms with Crippen molar-refractivity contribution >= 4 is 40.8 Å². The van der Waals surface area contributed by atoms with Crippen LogP contribution in [0.5, 0.6) is 0 Å². The number of fused-ring (bicyclic) bond motifs is 1. The molecule has 0 saturated heterocycles. The fourth-order valence-corrected chi connectivity index (χ4v) is 3.48. The third-order valence-corrected chi connectivity index (χ3v) is 4.87. The van der Waals surface area contributed by atoms with Crippen LogP contribution in [0, 0.1) is 13.8 Å². The predicted molar refractivity (Wildman–Crippen MR) is 129 cm³/mol. The molecule has 2 heterocycles. The first-order valence-corrected chi connectivity index (χ1v) is 9.78. The fourth-order valence-electron chi connectivity index (χ4n) is 3.48. The topological polar surface area (TPSA) is 85.6 Å². The number of hydrogen-bond donors (Lipinski definition) is 4. The summed E-state index contributed by atoms with van der Waals surface area (Å²) < 4.78 is 5.55. The maximum atomic E-state index is 10.9. The van der Waals surface area contributed by atoms with Crippen molar-refractivity contribution in [2.75, 3.05) is 19.6 Å². The van der Waals surface area contributed by atoms with Crippen molar-refractivity contribution in [3.05, 3.63) is 59.2 Å². The molecular weight excluding hydrogens is 479 g/mol. The van der Waals surface area contributed by atoms with Crippen LogP contribution in [0.25, 0.3) is 10.9 Å². The SMILES string of the molecule is CCNC(=NCC(C)(O)c1cc(C)oc1C)NCCc1c[nH]c2ccccc12.I.